The van der Waals surface area contributed by atoms with Crippen molar-refractivity contribution in [3.05, 3.63) is 35.9 Å². The molecule has 1 rings (SSSR count). The number of hydrogen-bond donors (Lipinski definition) is 1. The largest absolute Gasteiger partial charge is 0.380 e. The molecule has 0 aliphatic heterocycles. The predicted molar refractivity (Wildman–Crippen MR) is 54.6 cm³/mol. The van der Waals surface area contributed by atoms with E-state index in [1.54, 1.807) is 7.11 Å². The molecule has 1 aromatic carbocycles. The molecule has 13 heavy (non-hydrogen) atoms. The lowest BCUT2D eigenvalue weighted by Crippen LogP contribution is -2.22. The molecule has 2 heteroatoms. The third kappa shape index (κ3) is 3.57. The molecule has 0 saturated heterocycles. The van der Waals surface area contributed by atoms with Crippen molar-refractivity contribution in [2.75, 3.05) is 13.7 Å². The normalized spacial score (nSPS) is 12.8. The van der Waals surface area contributed by atoms with E-state index in [1.165, 1.54) is 5.56 Å². The van der Waals surface area contributed by atoms with Crippen LogP contribution in [-0.2, 0) is 11.2 Å². The Morgan fingerprint density at radius 2 is 2.00 bits per heavy atom. The summed E-state index contributed by atoms with van der Waals surface area (Å²) in [7, 11) is 1.71. The summed E-state index contributed by atoms with van der Waals surface area (Å²) >= 11 is 0. The number of aryl methyl sites for hydroxylation is 1. The Morgan fingerprint density at radius 3 is 2.54 bits per heavy atom. The minimum Gasteiger partial charge on any atom is -0.380 e. The van der Waals surface area contributed by atoms with Gasteiger partial charge >= 0.3 is 0 Å². The van der Waals surface area contributed by atoms with E-state index in [4.69, 9.17) is 10.5 Å². The first-order chi connectivity index (χ1) is 6.36. The van der Waals surface area contributed by atoms with Crippen LogP contribution in [0.1, 0.15) is 12.0 Å². The van der Waals surface area contributed by atoms with Crippen LogP contribution >= 0.6 is 0 Å². The molecule has 1 aromatic rings. The van der Waals surface area contributed by atoms with Crippen LogP contribution in [0, 0.1) is 0 Å². The number of hydrogen-bond acceptors (Lipinski definition) is 2. The zero-order chi connectivity index (χ0) is 9.52. The van der Waals surface area contributed by atoms with Gasteiger partial charge in [0.15, 0.2) is 0 Å². The maximum absolute atomic E-state index is 5.52. The molecule has 0 bridgehead atoms. The highest BCUT2D eigenvalue weighted by atomic mass is 16.5. The average molecular weight is 179 g/mol. The molecule has 0 aliphatic carbocycles. The van der Waals surface area contributed by atoms with Gasteiger partial charge in [0.05, 0.1) is 6.10 Å². The molecule has 2 nitrogen and oxygen atoms in total. The van der Waals surface area contributed by atoms with E-state index in [9.17, 15) is 0 Å². The first-order valence-corrected chi connectivity index (χ1v) is 4.63. The van der Waals surface area contributed by atoms with Crippen molar-refractivity contribution in [2.24, 2.45) is 5.73 Å². The van der Waals surface area contributed by atoms with E-state index in [2.05, 4.69) is 24.3 Å². The summed E-state index contributed by atoms with van der Waals surface area (Å²) in [5.74, 6) is 0. The average Bonchev–Trinajstić information content (AvgIpc) is 2.21. The number of nitrogens with two attached hydrogens (primary N) is 1. The van der Waals surface area contributed by atoms with Crippen LogP contribution in [0.5, 0.6) is 0 Å². The Hall–Kier alpha value is -0.860. The van der Waals surface area contributed by atoms with Gasteiger partial charge in [-0.1, -0.05) is 30.3 Å². The van der Waals surface area contributed by atoms with Gasteiger partial charge in [0.1, 0.15) is 0 Å². The van der Waals surface area contributed by atoms with Gasteiger partial charge in [-0.05, 0) is 18.4 Å². The third-order valence-corrected chi connectivity index (χ3v) is 2.19. The maximum atomic E-state index is 5.52. The molecule has 2 N–H and O–H groups in total. The molecule has 0 spiro atoms. The fourth-order valence-corrected chi connectivity index (χ4v) is 1.30. The van der Waals surface area contributed by atoms with E-state index in [1.807, 2.05) is 6.07 Å². The van der Waals surface area contributed by atoms with Gasteiger partial charge in [-0.2, -0.15) is 0 Å². The summed E-state index contributed by atoms with van der Waals surface area (Å²) < 4.78 is 5.20. The highest BCUT2D eigenvalue weighted by Crippen LogP contribution is 2.05. The van der Waals surface area contributed by atoms with Crippen molar-refractivity contribution in [3.8, 4) is 0 Å². The van der Waals surface area contributed by atoms with Crippen LogP contribution in [0.4, 0.5) is 0 Å². The minimum absolute atomic E-state index is 0.195. The maximum Gasteiger partial charge on any atom is 0.0696 e. The van der Waals surface area contributed by atoms with Crippen molar-refractivity contribution in [3.63, 3.8) is 0 Å². The summed E-state index contributed by atoms with van der Waals surface area (Å²) in [6.45, 7) is 0.601. The zero-order valence-corrected chi connectivity index (χ0v) is 8.07. The molecule has 1 unspecified atom stereocenters. The molecule has 72 valence electrons. The predicted octanol–water partition coefficient (Wildman–Crippen LogP) is 1.59. The fourth-order valence-electron chi connectivity index (χ4n) is 1.30. The summed E-state index contributed by atoms with van der Waals surface area (Å²) in [4.78, 5) is 0. The minimum atomic E-state index is 0.195. The number of benzene rings is 1. The first-order valence-electron chi connectivity index (χ1n) is 4.63. The van der Waals surface area contributed by atoms with Crippen LogP contribution in [0.3, 0.4) is 0 Å². The van der Waals surface area contributed by atoms with E-state index >= 15 is 0 Å². The molecular weight excluding hydrogens is 162 g/mol. The molecule has 0 aromatic heterocycles. The smallest absolute Gasteiger partial charge is 0.0696 e. The van der Waals surface area contributed by atoms with Crippen LogP contribution in [0.25, 0.3) is 0 Å². The second-order valence-electron chi connectivity index (χ2n) is 3.12. The van der Waals surface area contributed by atoms with E-state index in [-0.39, 0.29) is 6.10 Å². The lowest BCUT2D eigenvalue weighted by Gasteiger charge is -2.11. The van der Waals surface area contributed by atoms with Crippen LogP contribution in [-0.4, -0.2) is 19.8 Å². The molecule has 0 radical (unpaired) electrons. The van der Waals surface area contributed by atoms with Gasteiger partial charge in [-0.25, -0.2) is 0 Å². The van der Waals surface area contributed by atoms with Crippen molar-refractivity contribution in [1.29, 1.82) is 0 Å². The van der Waals surface area contributed by atoms with Gasteiger partial charge in [0, 0.05) is 13.7 Å². The Bertz CT molecular complexity index is 219. The summed E-state index contributed by atoms with van der Waals surface area (Å²) in [6, 6.07) is 10.4. The van der Waals surface area contributed by atoms with Crippen LogP contribution in [0.15, 0.2) is 30.3 Å². The summed E-state index contributed by atoms with van der Waals surface area (Å²) in [5.41, 5.74) is 6.87. The van der Waals surface area contributed by atoms with Gasteiger partial charge in [0.25, 0.3) is 0 Å². The molecular formula is C11H17NO. The highest BCUT2D eigenvalue weighted by molar-refractivity contribution is 5.14. The first kappa shape index (κ1) is 10.2. The summed E-state index contributed by atoms with van der Waals surface area (Å²) in [5, 5.41) is 0. The highest BCUT2D eigenvalue weighted by Gasteiger charge is 2.03. The Kier molecular flexibility index (Phi) is 4.50. The number of rotatable bonds is 5. The second kappa shape index (κ2) is 5.73. The quantitative estimate of drug-likeness (QED) is 0.745. The van der Waals surface area contributed by atoms with Crippen LogP contribution < -0.4 is 5.73 Å². The van der Waals surface area contributed by atoms with E-state index in [0.29, 0.717) is 6.54 Å². The standard InChI is InChI=1S/C11H17NO/c1-13-11(9-12)8-7-10-5-3-2-4-6-10/h2-6,11H,7-9,12H2,1H3. The third-order valence-electron chi connectivity index (χ3n) is 2.19. The Labute approximate surface area is 79.7 Å². The molecule has 1 atom stereocenters. The SMILES string of the molecule is COC(CN)CCc1ccccc1. The fraction of sp³-hybridized carbons (Fsp3) is 0.455. The van der Waals surface area contributed by atoms with E-state index in [0.717, 1.165) is 12.8 Å². The zero-order valence-electron chi connectivity index (χ0n) is 8.07. The molecule has 0 amide bonds. The topological polar surface area (TPSA) is 35.2 Å². The van der Waals surface area contributed by atoms with Crippen molar-refractivity contribution >= 4 is 0 Å². The van der Waals surface area contributed by atoms with Crippen molar-refractivity contribution < 1.29 is 4.74 Å². The number of ether oxygens (including phenoxy) is 1. The second-order valence-corrected chi connectivity index (χ2v) is 3.12. The lowest BCUT2D eigenvalue weighted by atomic mass is 10.1. The molecule has 0 saturated carbocycles. The van der Waals surface area contributed by atoms with Gasteiger partial charge in [0.2, 0.25) is 0 Å². The molecule has 0 heterocycles. The molecule has 0 aliphatic rings. The van der Waals surface area contributed by atoms with Gasteiger partial charge in [-0.15, -0.1) is 0 Å². The molecule has 0 fully saturated rings. The number of methoxy groups -OCH3 is 1. The van der Waals surface area contributed by atoms with Crippen molar-refractivity contribution in [1.82, 2.24) is 0 Å². The van der Waals surface area contributed by atoms with Gasteiger partial charge in [-0.3, -0.25) is 0 Å². The Morgan fingerprint density at radius 1 is 1.31 bits per heavy atom. The van der Waals surface area contributed by atoms with Crippen molar-refractivity contribution in [2.45, 2.75) is 18.9 Å². The van der Waals surface area contributed by atoms with Crippen LogP contribution in [0.2, 0.25) is 0 Å². The van der Waals surface area contributed by atoms with E-state index < -0.39 is 0 Å². The summed E-state index contributed by atoms with van der Waals surface area (Å²) in [6.07, 6.45) is 2.23. The monoisotopic (exact) mass is 179 g/mol. The Balaban J connectivity index is 2.34. The lowest BCUT2D eigenvalue weighted by molar-refractivity contribution is 0.102. The van der Waals surface area contributed by atoms with Gasteiger partial charge < -0.3 is 10.5 Å².